The first kappa shape index (κ1) is 16.4. The van der Waals surface area contributed by atoms with Crippen LogP contribution in [-0.4, -0.2) is 35.6 Å². The number of aromatic nitrogens is 6. The first-order chi connectivity index (χ1) is 14.3. The summed E-state index contributed by atoms with van der Waals surface area (Å²) in [5.41, 5.74) is 3.51. The molecule has 9 heteroatoms. The molecule has 0 aliphatic heterocycles. The molecule has 29 heavy (non-hydrogen) atoms. The molecule has 1 amide bonds. The molecule has 4 heterocycles. The summed E-state index contributed by atoms with van der Waals surface area (Å²) < 4.78 is 2.80. The van der Waals surface area contributed by atoms with E-state index in [4.69, 9.17) is 0 Å². The topological polar surface area (TPSA) is 101 Å². The summed E-state index contributed by atoms with van der Waals surface area (Å²) >= 11 is 1.41. The van der Waals surface area contributed by atoms with Crippen LogP contribution in [0.25, 0.3) is 38.3 Å². The Kier molecular flexibility index (Phi) is 3.51. The number of nitrogens with zero attached hydrogens (tertiary/aromatic N) is 5. The number of thiazole rings is 1. The number of aromatic amines is 1. The lowest BCUT2D eigenvalue weighted by Gasteiger charge is -2.08. The maximum atomic E-state index is 12.1. The predicted octanol–water partition coefficient (Wildman–Crippen LogP) is 3.77. The summed E-state index contributed by atoms with van der Waals surface area (Å²) in [5, 5.41) is 12.0. The highest BCUT2D eigenvalue weighted by molar-refractivity contribution is 7.22. The Hall–Kier alpha value is -3.59. The molecular formula is C20H15N7OS. The molecule has 0 radical (unpaired) electrons. The lowest BCUT2D eigenvalue weighted by atomic mass is 10.1. The van der Waals surface area contributed by atoms with Crippen molar-refractivity contribution >= 4 is 43.6 Å². The molecule has 0 saturated heterocycles. The van der Waals surface area contributed by atoms with Gasteiger partial charge in [-0.1, -0.05) is 29.5 Å². The molecule has 1 saturated carbocycles. The van der Waals surface area contributed by atoms with Crippen molar-refractivity contribution < 1.29 is 4.79 Å². The van der Waals surface area contributed by atoms with Crippen LogP contribution in [0.5, 0.6) is 0 Å². The van der Waals surface area contributed by atoms with E-state index >= 15 is 0 Å². The van der Waals surface area contributed by atoms with Crippen LogP contribution in [0.4, 0.5) is 5.13 Å². The Morgan fingerprint density at radius 2 is 2.17 bits per heavy atom. The molecule has 6 rings (SSSR count). The molecule has 142 valence electrons. The maximum Gasteiger partial charge on any atom is 0.229 e. The van der Waals surface area contributed by atoms with Gasteiger partial charge in [0.25, 0.3) is 0 Å². The van der Waals surface area contributed by atoms with E-state index in [0.29, 0.717) is 16.6 Å². The Balaban J connectivity index is 1.45. The summed E-state index contributed by atoms with van der Waals surface area (Å²) in [7, 11) is 0. The fraction of sp³-hybridized carbons (Fsp3) is 0.150. The van der Waals surface area contributed by atoms with Gasteiger partial charge >= 0.3 is 0 Å². The molecule has 1 fully saturated rings. The zero-order valence-electron chi connectivity index (χ0n) is 15.2. The van der Waals surface area contributed by atoms with Crippen LogP contribution in [0.3, 0.4) is 0 Å². The van der Waals surface area contributed by atoms with Gasteiger partial charge in [-0.25, -0.2) is 9.97 Å². The Morgan fingerprint density at radius 1 is 1.24 bits per heavy atom. The molecule has 1 aromatic carbocycles. The van der Waals surface area contributed by atoms with Crippen molar-refractivity contribution in [1.29, 1.82) is 0 Å². The zero-order chi connectivity index (χ0) is 19.4. The van der Waals surface area contributed by atoms with Gasteiger partial charge < -0.3 is 5.32 Å². The van der Waals surface area contributed by atoms with Gasteiger partial charge in [0.05, 0.1) is 17.4 Å². The third-order valence-electron chi connectivity index (χ3n) is 5.06. The van der Waals surface area contributed by atoms with Crippen molar-refractivity contribution in [1.82, 2.24) is 29.7 Å². The number of nitrogens with one attached hydrogen (secondary N) is 2. The van der Waals surface area contributed by atoms with Crippen LogP contribution in [0.15, 0.2) is 49.1 Å². The van der Waals surface area contributed by atoms with Crippen molar-refractivity contribution in [3.05, 3.63) is 49.1 Å². The van der Waals surface area contributed by atoms with Crippen LogP contribution < -0.4 is 5.32 Å². The van der Waals surface area contributed by atoms with Gasteiger partial charge in [0.15, 0.2) is 16.6 Å². The minimum Gasteiger partial charge on any atom is -0.302 e. The first-order valence-electron chi connectivity index (χ1n) is 9.30. The molecule has 0 atom stereocenters. The molecule has 2 N–H and O–H groups in total. The normalized spacial score (nSPS) is 13.9. The molecule has 1 aliphatic carbocycles. The number of amides is 1. The van der Waals surface area contributed by atoms with Gasteiger partial charge in [0, 0.05) is 23.1 Å². The second kappa shape index (κ2) is 6.21. The number of hydrogen-bond acceptors (Lipinski definition) is 6. The number of carbonyl (C=O) groups is 1. The van der Waals surface area contributed by atoms with Crippen LogP contribution in [0, 0.1) is 5.92 Å². The van der Waals surface area contributed by atoms with E-state index in [9.17, 15) is 4.79 Å². The van der Waals surface area contributed by atoms with Crippen LogP contribution in [-0.2, 0) is 4.79 Å². The minimum absolute atomic E-state index is 0.0440. The van der Waals surface area contributed by atoms with Gasteiger partial charge in [0.2, 0.25) is 5.91 Å². The quantitative estimate of drug-likeness (QED) is 0.477. The molecule has 0 unspecified atom stereocenters. The number of pyridine rings is 1. The average Bonchev–Trinajstić information content (AvgIpc) is 3.17. The Bertz CT molecular complexity index is 1370. The summed E-state index contributed by atoms with van der Waals surface area (Å²) in [6, 6.07) is 10.0. The van der Waals surface area contributed by atoms with Crippen molar-refractivity contribution in [2.75, 3.05) is 5.32 Å². The minimum atomic E-state index is 0.0440. The molecule has 4 aromatic heterocycles. The second-order valence-electron chi connectivity index (χ2n) is 7.03. The van der Waals surface area contributed by atoms with E-state index in [0.717, 1.165) is 39.7 Å². The number of benzene rings is 1. The molecule has 0 bridgehead atoms. The van der Waals surface area contributed by atoms with Gasteiger partial charge in [-0.2, -0.15) is 5.10 Å². The number of fused-ring (bicyclic) bond motifs is 2. The van der Waals surface area contributed by atoms with Crippen LogP contribution in [0.1, 0.15) is 12.8 Å². The molecular weight excluding hydrogens is 386 g/mol. The Morgan fingerprint density at radius 3 is 3.07 bits per heavy atom. The molecule has 8 nitrogen and oxygen atoms in total. The second-order valence-corrected chi connectivity index (χ2v) is 8.03. The predicted molar refractivity (Wildman–Crippen MR) is 111 cm³/mol. The van der Waals surface area contributed by atoms with E-state index in [-0.39, 0.29) is 11.8 Å². The van der Waals surface area contributed by atoms with E-state index in [1.807, 2.05) is 35.0 Å². The number of anilines is 1. The van der Waals surface area contributed by atoms with E-state index < -0.39 is 0 Å². The summed E-state index contributed by atoms with van der Waals surface area (Å²) in [6.07, 6.45) is 7.26. The third kappa shape index (κ3) is 2.70. The van der Waals surface area contributed by atoms with Crippen molar-refractivity contribution in [2.45, 2.75) is 12.8 Å². The molecule has 1 aliphatic rings. The lowest BCUT2D eigenvalue weighted by molar-refractivity contribution is -0.117. The van der Waals surface area contributed by atoms with E-state index in [1.54, 1.807) is 12.5 Å². The average molecular weight is 401 g/mol. The fourth-order valence-electron chi connectivity index (χ4n) is 3.46. The van der Waals surface area contributed by atoms with Crippen molar-refractivity contribution in [3.8, 4) is 17.1 Å². The SMILES string of the molecule is O=C(Nc1nc2[nH]nc(-n3cncc3-c3cccc4ncccc34)c2s1)C1CC1. The fourth-order valence-corrected chi connectivity index (χ4v) is 4.37. The van der Waals surface area contributed by atoms with Gasteiger partial charge in [-0.15, -0.1) is 0 Å². The zero-order valence-corrected chi connectivity index (χ0v) is 16.0. The largest absolute Gasteiger partial charge is 0.302 e. The van der Waals surface area contributed by atoms with Crippen molar-refractivity contribution in [2.24, 2.45) is 5.92 Å². The van der Waals surface area contributed by atoms with Crippen LogP contribution in [0.2, 0.25) is 0 Å². The maximum absolute atomic E-state index is 12.1. The van der Waals surface area contributed by atoms with Gasteiger partial charge in [0.1, 0.15) is 11.0 Å². The highest BCUT2D eigenvalue weighted by Crippen LogP contribution is 2.35. The molecule has 5 aromatic rings. The number of imidazole rings is 1. The first-order valence-corrected chi connectivity index (χ1v) is 10.1. The summed E-state index contributed by atoms with van der Waals surface area (Å²) in [4.78, 5) is 25.3. The third-order valence-corrected chi connectivity index (χ3v) is 6.03. The molecule has 0 spiro atoms. The van der Waals surface area contributed by atoms with Gasteiger partial charge in [-0.3, -0.25) is 19.4 Å². The number of H-pyrrole nitrogens is 1. The van der Waals surface area contributed by atoms with E-state index in [1.165, 1.54) is 11.3 Å². The highest BCUT2D eigenvalue weighted by atomic mass is 32.1. The summed E-state index contributed by atoms with van der Waals surface area (Å²) in [5.74, 6) is 0.885. The Labute approximate surface area is 168 Å². The summed E-state index contributed by atoms with van der Waals surface area (Å²) in [6.45, 7) is 0. The smallest absolute Gasteiger partial charge is 0.229 e. The number of rotatable bonds is 4. The highest BCUT2D eigenvalue weighted by Gasteiger charge is 2.30. The standard InChI is InChI=1S/C20H15N7OS/c28-19(11-6-7-11)24-20-23-17-16(29-20)18(26-25-17)27-10-21-9-15(27)13-3-1-5-14-12(13)4-2-8-22-14/h1-5,8-11H,6-7H2,(H2,23,24,25,26,28). The lowest BCUT2D eigenvalue weighted by Crippen LogP contribution is -2.12. The van der Waals surface area contributed by atoms with Crippen molar-refractivity contribution in [3.63, 3.8) is 0 Å². The number of hydrogen-bond donors (Lipinski definition) is 2. The number of carbonyl (C=O) groups excluding carboxylic acids is 1. The van der Waals surface area contributed by atoms with Crippen LogP contribution >= 0.6 is 11.3 Å². The van der Waals surface area contributed by atoms with Gasteiger partial charge in [-0.05, 0) is 25.0 Å². The van der Waals surface area contributed by atoms with E-state index in [2.05, 4.69) is 36.5 Å². The monoisotopic (exact) mass is 401 g/mol.